The van der Waals surface area contributed by atoms with Gasteiger partial charge in [0.15, 0.2) is 17.9 Å². The van der Waals surface area contributed by atoms with Crippen molar-refractivity contribution in [2.24, 2.45) is 0 Å². The fraction of sp³-hybridized carbons (Fsp3) is 0.182. The predicted molar refractivity (Wildman–Crippen MR) is 106 cm³/mol. The highest BCUT2D eigenvalue weighted by Gasteiger charge is 2.15. The van der Waals surface area contributed by atoms with Crippen molar-refractivity contribution < 1.29 is 27.8 Å². The Balaban J connectivity index is 1.80. The fourth-order valence-corrected chi connectivity index (χ4v) is 3.11. The molecular weight excluding hydrogens is 376 g/mol. The van der Waals surface area contributed by atoms with Gasteiger partial charge in [-0.3, -0.25) is 0 Å². The normalized spacial score (nSPS) is 11.0. The van der Waals surface area contributed by atoms with E-state index in [1.165, 1.54) is 6.07 Å². The van der Waals surface area contributed by atoms with E-state index in [1.807, 2.05) is 18.2 Å². The lowest BCUT2D eigenvalue weighted by molar-refractivity contribution is -0.145. The SMILES string of the molecule is CCOC(=O)COc1ccc2oc(=O)cc(-c3cc4cccc(OC)c4o3)c2c1. The zero-order chi connectivity index (χ0) is 20.4. The first-order valence-corrected chi connectivity index (χ1v) is 9.02. The van der Waals surface area contributed by atoms with Gasteiger partial charge in [0, 0.05) is 22.4 Å². The van der Waals surface area contributed by atoms with Crippen LogP contribution in [0.1, 0.15) is 6.92 Å². The van der Waals surface area contributed by atoms with Gasteiger partial charge in [0.05, 0.1) is 13.7 Å². The number of hydrogen-bond acceptors (Lipinski definition) is 7. The van der Waals surface area contributed by atoms with Gasteiger partial charge < -0.3 is 23.0 Å². The summed E-state index contributed by atoms with van der Waals surface area (Å²) in [7, 11) is 1.57. The monoisotopic (exact) mass is 394 g/mol. The molecule has 0 spiro atoms. The lowest BCUT2D eigenvalue weighted by atomic mass is 10.1. The molecule has 2 heterocycles. The van der Waals surface area contributed by atoms with Gasteiger partial charge >= 0.3 is 11.6 Å². The molecule has 0 aliphatic rings. The molecule has 0 N–H and O–H groups in total. The number of methoxy groups -OCH3 is 1. The summed E-state index contributed by atoms with van der Waals surface area (Å²) in [4.78, 5) is 23.6. The minimum absolute atomic E-state index is 0.215. The predicted octanol–water partition coefficient (Wildman–Crippen LogP) is 4.16. The minimum Gasteiger partial charge on any atom is -0.493 e. The van der Waals surface area contributed by atoms with Crippen LogP contribution in [0.25, 0.3) is 33.3 Å². The third kappa shape index (κ3) is 3.67. The van der Waals surface area contributed by atoms with Gasteiger partial charge in [0.1, 0.15) is 17.1 Å². The molecular formula is C22H18O7. The number of hydrogen-bond donors (Lipinski definition) is 0. The molecule has 0 radical (unpaired) electrons. The summed E-state index contributed by atoms with van der Waals surface area (Å²) >= 11 is 0. The number of ether oxygens (including phenoxy) is 3. The molecule has 0 unspecified atom stereocenters. The lowest BCUT2D eigenvalue weighted by Crippen LogP contribution is -2.14. The summed E-state index contributed by atoms with van der Waals surface area (Å²) in [6.45, 7) is 1.79. The number of rotatable bonds is 6. The largest absolute Gasteiger partial charge is 0.493 e. The number of benzene rings is 2. The van der Waals surface area contributed by atoms with Gasteiger partial charge in [-0.15, -0.1) is 0 Å². The second kappa shape index (κ2) is 7.71. The average molecular weight is 394 g/mol. The van der Waals surface area contributed by atoms with Crippen molar-refractivity contribution >= 4 is 27.9 Å². The van der Waals surface area contributed by atoms with Crippen LogP contribution in [-0.2, 0) is 9.53 Å². The zero-order valence-electron chi connectivity index (χ0n) is 15.9. The van der Waals surface area contributed by atoms with E-state index in [0.717, 1.165) is 5.39 Å². The summed E-state index contributed by atoms with van der Waals surface area (Å²) in [5.74, 6) is 1.07. The fourth-order valence-electron chi connectivity index (χ4n) is 3.11. The number of furan rings is 1. The van der Waals surface area contributed by atoms with E-state index in [2.05, 4.69) is 0 Å². The highest BCUT2D eigenvalue weighted by atomic mass is 16.6. The summed E-state index contributed by atoms with van der Waals surface area (Å²) in [5.41, 5.74) is 1.01. The quantitative estimate of drug-likeness (QED) is 0.358. The highest BCUT2D eigenvalue weighted by Crippen LogP contribution is 2.36. The van der Waals surface area contributed by atoms with E-state index in [1.54, 1.807) is 38.3 Å². The van der Waals surface area contributed by atoms with Crippen molar-refractivity contribution in [3.8, 4) is 22.8 Å². The highest BCUT2D eigenvalue weighted by molar-refractivity contribution is 5.96. The van der Waals surface area contributed by atoms with Crippen LogP contribution >= 0.6 is 0 Å². The number of carbonyl (C=O) groups is 1. The van der Waals surface area contributed by atoms with Crippen molar-refractivity contribution in [1.82, 2.24) is 0 Å². The Bertz CT molecular complexity index is 1250. The van der Waals surface area contributed by atoms with Crippen LogP contribution in [0.4, 0.5) is 0 Å². The first-order chi connectivity index (χ1) is 14.1. The van der Waals surface area contributed by atoms with E-state index in [0.29, 0.717) is 39.4 Å². The first-order valence-electron chi connectivity index (χ1n) is 9.02. The summed E-state index contributed by atoms with van der Waals surface area (Å²) in [6.07, 6.45) is 0. The van der Waals surface area contributed by atoms with Gasteiger partial charge in [-0.1, -0.05) is 12.1 Å². The van der Waals surface area contributed by atoms with Crippen LogP contribution in [0.5, 0.6) is 11.5 Å². The molecule has 0 aliphatic carbocycles. The van der Waals surface area contributed by atoms with Crippen molar-refractivity contribution in [1.29, 1.82) is 0 Å². The average Bonchev–Trinajstić information content (AvgIpc) is 3.16. The van der Waals surface area contributed by atoms with Crippen LogP contribution in [0, 0.1) is 0 Å². The molecule has 29 heavy (non-hydrogen) atoms. The Kier molecular flexibility index (Phi) is 4.95. The molecule has 148 valence electrons. The smallest absolute Gasteiger partial charge is 0.344 e. The summed E-state index contributed by atoms with van der Waals surface area (Å²) in [5, 5.41) is 1.46. The van der Waals surface area contributed by atoms with Crippen molar-refractivity contribution in [3.05, 3.63) is 59.0 Å². The Morgan fingerprint density at radius 2 is 1.93 bits per heavy atom. The molecule has 0 fully saturated rings. The van der Waals surface area contributed by atoms with Crippen molar-refractivity contribution in [3.63, 3.8) is 0 Å². The molecule has 0 saturated carbocycles. The van der Waals surface area contributed by atoms with Gasteiger partial charge in [-0.25, -0.2) is 9.59 Å². The van der Waals surface area contributed by atoms with Crippen LogP contribution in [0.15, 0.2) is 62.2 Å². The standard InChI is InChI=1S/C22H18O7/c1-3-26-21(24)12-27-14-7-8-17-15(10-14)16(11-20(23)28-17)19-9-13-5-4-6-18(25-2)22(13)29-19/h4-11H,3,12H2,1-2H3. The molecule has 7 heteroatoms. The van der Waals surface area contributed by atoms with E-state index in [-0.39, 0.29) is 13.2 Å². The van der Waals surface area contributed by atoms with Crippen LogP contribution in [-0.4, -0.2) is 26.3 Å². The molecule has 0 bridgehead atoms. The Labute approximate surface area is 165 Å². The maximum Gasteiger partial charge on any atom is 0.344 e. The van der Waals surface area contributed by atoms with E-state index < -0.39 is 11.6 Å². The number of para-hydroxylation sites is 1. The number of carbonyl (C=O) groups excluding carboxylic acids is 1. The number of fused-ring (bicyclic) bond motifs is 2. The molecule has 0 aliphatic heterocycles. The van der Waals surface area contributed by atoms with E-state index >= 15 is 0 Å². The molecule has 2 aromatic carbocycles. The van der Waals surface area contributed by atoms with Crippen LogP contribution < -0.4 is 15.1 Å². The van der Waals surface area contributed by atoms with E-state index in [4.69, 9.17) is 23.0 Å². The van der Waals surface area contributed by atoms with Crippen LogP contribution in [0.2, 0.25) is 0 Å². The molecule has 0 atom stereocenters. The third-order valence-electron chi connectivity index (χ3n) is 4.37. The van der Waals surface area contributed by atoms with Crippen molar-refractivity contribution in [2.75, 3.05) is 20.3 Å². The van der Waals surface area contributed by atoms with Gasteiger partial charge in [-0.05, 0) is 37.3 Å². The van der Waals surface area contributed by atoms with Gasteiger partial charge in [0.25, 0.3) is 0 Å². The van der Waals surface area contributed by atoms with Gasteiger partial charge in [-0.2, -0.15) is 0 Å². The van der Waals surface area contributed by atoms with E-state index in [9.17, 15) is 9.59 Å². The minimum atomic E-state index is -0.500. The Hall–Kier alpha value is -3.74. The molecule has 7 nitrogen and oxygen atoms in total. The Morgan fingerprint density at radius 1 is 1.07 bits per heavy atom. The molecule has 0 saturated heterocycles. The summed E-state index contributed by atoms with van der Waals surface area (Å²) < 4.78 is 27.0. The molecule has 0 amide bonds. The lowest BCUT2D eigenvalue weighted by Gasteiger charge is -2.08. The second-order valence-corrected chi connectivity index (χ2v) is 6.22. The van der Waals surface area contributed by atoms with Crippen molar-refractivity contribution in [2.45, 2.75) is 6.92 Å². The molecule has 2 aromatic heterocycles. The van der Waals surface area contributed by atoms with Crippen LogP contribution in [0.3, 0.4) is 0 Å². The maximum atomic E-state index is 12.1. The maximum absolute atomic E-state index is 12.1. The first kappa shape index (κ1) is 18.6. The topological polar surface area (TPSA) is 88.1 Å². The zero-order valence-corrected chi connectivity index (χ0v) is 15.9. The molecule has 4 rings (SSSR count). The van der Waals surface area contributed by atoms with Gasteiger partial charge in [0.2, 0.25) is 0 Å². The summed E-state index contributed by atoms with van der Waals surface area (Å²) in [6, 6.07) is 13.7. The third-order valence-corrected chi connectivity index (χ3v) is 4.37. The second-order valence-electron chi connectivity index (χ2n) is 6.22. The molecule has 4 aromatic rings. The number of esters is 1. The Morgan fingerprint density at radius 3 is 2.72 bits per heavy atom.